The highest BCUT2D eigenvalue weighted by atomic mass is 35.5. The van der Waals surface area contributed by atoms with E-state index in [9.17, 15) is 9.90 Å². The lowest BCUT2D eigenvalue weighted by Crippen LogP contribution is -2.48. The van der Waals surface area contributed by atoms with E-state index < -0.39 is 12.2 Å². The summed E-state index contributed by atoms with van der Waals surface area (Å²) < 4.78 is 0. The monoisotopic (exact) mass is 202 g/mol. The summed E-state index contributed by atoms with van der Waals surface area (Å²) in [5.41, 5.74) is 0.426. The number of aliphatic imine (C=N–C) groups is 1. The van der Waals surface area contributed by atoms with Gasteiger partial charge in [-0.15, -0.1) is 11.6 Å². The minimum Gasteiger partial charge on any atom is -0.493 e. The van der Waals surface area contributed by atoms with Gasteiger partial charge in [-0.3, -0.25) is 5.32 Å². The molecule has 0 bridgehead atoms. The molecular formula is C6H7ClN4O2. The zero-order valence-electron chi connectivity index (χ0n) is 6.47. The fourth-order valence-corrected chi connectivity index (χ4v) is 1.31. The van der Waals surface area contributed by atoms with Crippen LogP contribution in [0.2, 0.25) is 0 Å². The second-order valence-corrected chi connectivity index (χ2v) is 2.86. The second kappa shape index (κ2) is 2.81. The van der Waals surface area contributed by atoms with Gasteiger partial charge in [0.05, 0.1) is 5.88 Å². The molecule has 0 fully saturated rings. The van der Waals surface area contributed by atoms with Crippen LogP contribution in [-0.4, -0.2) is 29.0 Å². The van der Waals surface area contributed by atoms with Crippen molar-refractivity contribution in [3.05, 3.63) is 11.6 Å². The van der Waals surface area contributed by atoms with Gasteiger partial charge in [-0.2, -0.15) is 0 Å². The molecule has 7 heteroatoms. The number of alkyl halides is 1. The Bertz CT molecular complexity index is 325. The van der Waals surface area contributed by atoms with E-state index in [0.717, 1.165) is 0 Å². The van der Waals surface area contributed by atoms with E-state index >= 15 is 0 Å². The first-order chi connectivity index (χ1) is 6.20. The molecule has 1 unspecified atom stereocenters. The molecule has 2 amide bonds. The van der Waals surface area contributed by atoms with E-state index in [-0.39, 0.29) is 11.8 Å². The lowest BCUT2D eigenvalue weighted by atomic mass is 10.3. The molecule has 2 aliphatic rings. The minimum absolute atomic E-state index is 0.211. The third kappa shape index (κ3) is 1.29. The van der Waals surface area contributed by atoms with Crippen LogP contribution in [0.25, 0.3) is 0 Å². The number of hydrogen-bond acceptors (Lipinski definition) is 4. The average molecular weight is 203 g/mol. The molecule has 0 aromatic carbocycles. The van der Waals surface area contributed by atoms with Crippen molar-refractivity contribution in [1.82, 2.24) is 16.0 Å². The normalized spacial score (nSPS) is 25.8. The van der Waals surface area contributed by atoms with Crippen LogP contribution in [0.5, 0.6) is 0 Å². The van der Waals surface area contributed by atoms with Gasteiger partial charge in [0.1, 0.15) is 11.5 Å². The number of rotatable bonds is 1. The van der Waals surface area contributed by atoms with Gasteiger partial charge in [-0.1, -0.05) is 0 Å². The predicted molar refractivity (Wildman–Crippen MR) is 46.4 cm³/mol. The van der Waals surface area contributed by atoms with Crippen molar-refractivity contribution in [3.63, 3.8) is 0 Å². The molecule has 4 N–H and O–H groups in total. The standard InChI is InChI=1S/C6H7ClN4O2/c7-1-2-8-3-4(9-2)10-6(13)11-5(3)12/h4,12H,1H2,(H,8,9)(H2,10,11,13). The van der Waals surface area contributed by atoms with Gasteiger partial charge in [0.2, 0.25) is 5.88 Å². The van der Waals surface area contributed by atoms with Gasteiger partial charge in [0.25, 0.3) is 0 Å². The topological polar surface area (TPSA) is 85.8 Å². The van der Waals surface area contributed by atoms with E-state index in [0.29, 0.717) is 11.5 Å². The summed E-state index contributed by atoms with van der Waals surface area (Å²) in [7, 11) is 0. The van der Waals surface area contributed by atoms with E-state index in [1.807, 2.05) is 0 Å². The summed E-state index contributed by atoms with van der Waals surface area (Å²) in [4.78, 5) is 14.9. The molecule has 13 heavy (non-hydrogen) atoms. The first-order valence-electron chi connectivity index (χ1n) is 3.61. The second-order valence-electron chi connectivity index (χ2n) is 2.60. The van der Waals surface area contributed by atoms with Crippen molar-refractivity contribution < 1.29 is 9.90 Å². The van der Waals surface area contributed by atoms with Crippen LogP contribution >= 0.6 is 11.6 Å². The quantitative estimate of drug-likeness (QED) is 0.436. The largest absolute Gasteiger partial charge is 0.493 e. The number of fused-ring (bicyclic) bond motifs is 1. The molecule has 0 aromatic heterocycles. The number of hydrogen-bond donors (Lipinski definition) is 4. The molecule has 6 nitrogen and oxygen atoms in total. The van der Waals surface area contributed by atoms with Crippen molar-refractivity contribution in [2.24, 2.45) is 4.99 Å². The molecule has 70 valence electrons. The number of aliphatic hydroxyl groups is 1. The maximum Gasteiger partial charge on any atom is 0.323 e. The SMILES string of the molecule is O=C1NC(O)=C2NC(CCl)=NC2N1. The molecule has 0 saturated heterocycles. The summed E-state index contributed by atoms with van der Waals surface area (Å²) in [6.45, 7) is 0. The van der Waals surface area contributed by atoms with Crippen LogP contribution in [0.15, 0.2) is 16.6 Å². The van der Waals surface area contributed by atoms with Crippen LogP contribution in [-0.2, 0) is 0 Å². The molecule has 2 rings (SSSR count). The van der Waals surface area contributed by atoms with Gasteiger partial charge < -0.3 is 15.7 Å². The van der Waals surface area contributed by atoms with Crippen molar-refractivity contribution in [1.29, 1.82) is 0 Å². The first-order valence-corrected chi connectivity index (χ1v) is 4.14. The molecule has 2 heterocycles. The minimum atomic E-state index is -0.539. The Morgan fingerprint density at radius 3 is 3.00 bits per heavy atom. The van der Waals surface area contributed by atoms with Crippen LogP contribution < -0.4 is 16.0 Å². The Kier molecular flexibility index (Phi) is 1.77. The molecular weight excluding hydrogens is 196 g/mol. The van der Waals surface area contributed by atoms with Crippen LogP contribution in [0, 0.1) is 0 Å². The van der Waals surface area contributed by atoms with Gasteiger partial charge in [0.15, 0.2) is 6.17 Å². The summed E-state index contributed by atoms with van der Waals surface area (Å²) in [6, 6.07) is -0.479. The Morgan fingerprint density at radius 2 is 2.31 bits per heavy atom. The summed E-state index contributed by atoms with van der Waals surface area (Å²) >= 11 is 5.53. The molecule has 0 spiro atoms. The lowest BCUT2D eigenvalue weighted by Gasteiger charge is -2.19. The summed E-state index contributed by atoms with van der Waals surface area (Å²) in [5.74, 6) is 0.526. The Morgan fingerprint density at radius 1 is 1.54 bits per heavy atom. The molecule has 0 aromatic rings. The maximum atomic E-state index is 10.9. The third-order valence-corrected chi connectivity index (χ3v) is 1.97. The number of halogens is 1. The van der Waals surface area contributed by atoms with Crippen LogP contribution in [0.4, 0.5) is 4.79 Å². The molecule has 1 atom stereocenters. The van der Waals surface area contributed by atoms with E-state index in [1.165, 1.54) is 0 Å². The Hall–Kier alpha value is -1.43. The Labute approximate surface area is 78.7 Å². The van der Waals surface area contributed by atoms with Gasteiger partial charge in [-0.25, -0.2) is 9.79 Å². The highest BCUT2D eigenvalue weighted by Crippen LogP contribution is 2.14. The lowest BCUT2D eigenvalue weighted by molar-refractivity contribution is 0.227. The number of amidine groups is 1. The molecule has 2 aliphatic heterocycles. The highest BCUT2D eigenvalue weighted by Gasteiger charge is 2.31. The van der Waals surface area contributed by atoms with E-state index in [2.05, 4.69) is 20.9 Å². The smallest absolute Gasteiger partial charge is 0.323 e. The zero-order valence-corrected chi connectivity index (χ0v) is 7.22. The van der Waals surface area contributed by atoms with Crippen molar-refractivity contribution in [2.45, 2.75) is 6.17 Å². The third-order valence-electron chi connectivity index (χ3n) is 1.72. The summed E-state index contributed by atoms with van der Waals surface area (Å²) in [5, 5.41) is 16.8. The van der Waals surface area contributed by atoms with Gasteiger partial charge >= 0.3 is 6.03 Å². The number of carbonyl (C=O) groups excluding carboxylic acids is 1. The zero-order chi connectivity index (χ0) is 9.42. The van der Waals surface area contributed by atoms with E-state index in [1.54, 1.807) is 0 Å². The van der Waals surface area contributed by atoms with Crippen LogP contribution in [0.3, 0.4) is 0 Å². The first kappa shape index (κ1) is 8.18. The predicted octanol–water partition coefficient (Wildman–Crippen LogP) is -0.407. The number of amides is 2. The molecule has 0 radical (unpaired) electrons. The number of carbonyl (C=O) groups is 1. The number of aliphatic hydroxyl groups excluding tert-OH is 1. The number of urea groups is 1. The van der Waals surface area contributed by atoms with Gasteiger partial charge in [-0.05, 0) is 0 Å². The van der Waals surface area contributed by atoms with Crippen LogP contribution in [0.1, 0.15) is 0 Å². The summed E-state index contributed by atoms with van der Waals surface area (Å²) in [6.07, 6.45) is -0.539. The average Bonchev–Trinajstić information content (AvgIpc) is 2.47. The van der Waals surface area contributed by atoms with Crippen molar-refractivity contribution in [3.8, 4) is 0 Å². The Balaban J connectivity index is 2.29. The number of nitrogens with one attached hydrogen (secondary N) is 3. The van der Waals surface area contributed by atoms with Crippen molar-refractivity contribution in [2.75, 3.05) is 5.88 Å². The fraction of sp³-hybridized carbons (Fsp3) is 0.333. The number of nitrogens with zero attached hydrogens (tertiary/aromatic N) is 1. The van der Waals surface area contributed by atoms with Gasteiger partial charge in [0, 0.05) is 0 Å². The van der Waals surface area contributed by atoms with Crippen molar-refractivity contribution >= 4 is 23.5 Å². The fourth-order valence-electron chi connectivity index (χ4n) is 1.17. The molecule has 0 aliphatic carbocycles. The maximum absolute atomic E-state index is 10.9. The van der Waals surface area contributed by atoms with E-state index in [4.69, 9.17) is 11.6 Å². The highest BCUT2D eigenvalue weighted by molar-refractivity contribution is 6.28. The molecule has 0 saturated carbocycles.